The first-order chi connectivity index (χ1) is 7.99. The quantitative estimate of drug-likeness (QED) is 0.833. The van der Waals surface area contributed by atoms with Crippen LogP contribution in [0.25, 0.3) is 0 Å². The molecule has 1 N–H and O–H groups in total. The number of nitrogens with zero attached hydrogens (tertiary/aromatic N) is 2. The molecule has 90 valence electrons. The number of anilines is 1. The Labute approximate surface area is 105 Å². The summed E-state index contributed by atoms with van der Waals surface area (Å²) in [4.78, 5) is 27.7. The zero-order valence-electron chi connectivity index (χ0n) is 8.91. The van der Waals surface area contributed by atoms with Gasteiger partial charge < -0.3 is 5.32 Å². The van der Waals surface area contributed by atoms with Gasteiger partial charge >= 0.3 is 0 Å². The van der Waals surface area contributed by atoms with E-state index in [1.165, 1.54) is 19.3 Å². The lowest BCUT2D eigenvalue weighted by Gasteiger charge is -2.12. The van der Waals surface area contributed by atoms with Crippen molar-refractivity contribution < 1.29 is 14.0 Å². The highest BCUT2D eigenvalue weighted by atomic mass is 79.9. The van der Waals surface area contributed by atoms with Crippen molar-refractivity contribution in [3.8, 4) is 0 Å². The molecule has 0 aliphatic carbocycles. The molecule has 1 aliphatic heterocycles. The number of nitrogens with one attached hydrogen (secondary N) is 1. The molecule has 1 unspecified atom stereocenters. The molecule has 2 rings (SSSR count). The number of hydrogen-bond donors (Lipinski definition) is 1. The molecule has 17 heavy (non-hydrogen) atoms. The van der Waals surface area contributed by atoms with Crippen LogP contribution in [0.5, 0.6) is 0 Å². The average Bonchev–Trinajstić information content (AvgIpc) is 2.50. The largest absolute Gasteiger partial charge is 0.356 e. The highest BCUT2D eigenvalue weighted by molar-refractivity contribution is 9.10. The second-order valence-electron chi connectivity index (χ2n) is 3.68. The Kier molecular flexibility index (Phi) is 3.10. The maximum atomic E-state index is 13.5. The van der Waals surface area contributed by atoms with Gasteiger partial charge in [0.15, 0.2) is 11.6 Å². The number of hydrogen-bond acceptors (Lipinski definition) is 4. The molecule has 1 aromatic heterocycles. The lowest BCUT2D eigenvalue weighted by Crippen LogP contribution is -2.32. The third kappa shape index (κ3) is 2.28. The first-order valence-electron chi connectivity index (χ1n) is 4.87. The van der Waals surface area contributed by atoms with Crippen molar-refractivity contribution in [2.24, 2.45) is 0 Å². The number of likely N-dealkylation sites (N-methyl/N-ethyl adjacent to an activating group) is 1. The number of likely N-dealkylation sites (tertiary alicyclic amines) is 1. The van der Waals surface area contributed by atoms with Crippen LogP contribution in [0.4, 0.5) is 10.2 Å². The van der Waals surface area contributed by atoms with Gasteiger partial charge in [0.25, 0.3) is 5.91 Å². The summed E-state index contributed by atoms with van der Waals surface area (Å²) in [5.41, 5.74) is 0. The molecule has 1 atom stereocenters. The van der Waals surface area contributed by atoms with Gasteiger partial charge in [-0.25, -0.2) is 9.37 Å². The van der Waals surface area contributed by atoms with Crippen molar-refractivity contribution in [3.63, 3.8) is 0 Å². The average molecular weight is 302 g/mol. The molecule has 0 saturated carbocycles. The number of amides is 2. The first-order valence-corrected chi connectivity index (χ1v) is 5.66. The van der Waals surface area contributed by atoms with Crippen molar-refractivity contribution in [2.75, 3.05) is 12.4 Å². The Balaban J connectivity index is 2.17. The third-order valence-electron chi connectivity index (χ3n) is 2.50. The van der Waals surface area contributed by atoms with Gasteiger partial charge in [-0.2, -0.15) is 0 Å². The van der Waals surface area contributed by atoms with E-state index in [-0.39, 0.29) is 24.1 Å². The van der Waals surface area contributed by atoms with Crippen LogP contribution in [0.3, 0.4) is 0 Å². The molecule has 0 aromatic carbocycles. The van der Waals surface area contributed by atoms with Crippen molar-refractivity contribution in [2.45, 2.75) is 12.5 Å². The summed E-state index contributed by atoms with van der Waals surface area (Å²) in [5.74, 6) is -1.27. The Hall–Kier alpha value is -1.50. The van der Waals surface area contributed by atoms with Gasteiger partial charge in [-0.15, -0.1) is 0 Å². The normalized spacial score (nSPS) is 19.9. The topological polar surface area (TPSA) is 62.3 Å². The molecule has 1 fully saturated rings. The summed E-state index contributed by atoms with van der Waals surface area (Å²) in [6, 6.07) is 0.496. The van der Waals surface area contributed by atoms with E-state index < -0.39 is 11.9 Å². The minimum absolute atomic E-state index is 0.0204. The zero-order valence-corrected chi connectivity index (χ0v) is 10.5. The van der Waals surface area contributed by atoms with Crippen LogP contribution in [-0.2, 0) is 9.59 Å². The van der Waals surface area contributed by atoms with Crippen molar-refractivity contribution in [1.29, 1.82) is 0 Å². The second-order valence-corrected chi connectivity index (χ2v) is 4.59. The van der Waals surface area contributed by atoms with Gasteiger partial charge in [-0.05, 0) is 22.0 Å². The van der Waals surface area contributed by atoms with Crippen LogP contribution in [0.1, 0.15) is 6.42 Å². The van der Waals surface area contributed by atoms with E-state index in [1.807, 2.05) is 0 Å². The van der Waals surface area contributed by atoms with Crippen LogP contribution in [-0.4, -0.2) is 34.8 Å². The fourth-order valence-electron chi connectivity index (χ4n) is 1.55. The van der Waals surface area contributed by atoms with E-state index in [4.69, 9.17) is 0 Å². The fraction of sp³-hybridized carbons (Fsp3) is 0.300. The van der Waals surface area contributed by atoms with Gasteiger partial charge in [-0.3, -0.25) is 14.5 Å². The zero-order chi connectivity index (χ0) is 12.6. The molecule has 0 spiro atoms. The minimum Gasteiger partial charge on any atom is -0.356 e. The summed E-state index contributed by atoms with van der Waals surface area (Å²) in [6.45, 7) is 0. The van der Waals surface area contributed by atoms with Gasteiger partial charge in [-0.1, -0.05) is 0 Å². The molecular formula is C10H9BrFN3O2. The monoisotopic (exact) mass is 301 g/mol. The van der Waals surface area contributed by atoms with Crippen molar-refractivity contribution >= 4 is 33.6 Å². The molecule has 1 aromatic rings. The van der Waals surface area contributed by atoms with E-state index in [1.54, 1.807) is 0 Å². The summed E-state index contributed by atoms with van der Waals surface area (Å²) < 4.78 is 14.0. The van der Waals surface area contributed by atoms with Crippen LogP contribution in [0.15, 0.2) is 16.7 Å². The van der Waals surface area contributed by atoms with E-state index in [0.29, 0.717) is 4.47 Å². The van der Waals surface area contributed by atoms with Gasteiger partial charge in [0.2, 0.25) is 5.91 Å². The smallest absolute Gasteiger partial charge is 0.251 e. The number of halogens is 2. The lowest BCUT2D eigenvalue weighted by atomic mass is 10.2. The summed E-state index contributed by atoms with van der Waals surface area (Å²) >= 11 is 3.08. The van der Waals surface area contributed by atoms with Crippen LogP contribution >= 0.6 is 15.9 Å². The summed E-state index contributed by atoms with van der Waals surface area (Å²) in [5, 5.41) is 2.63. The second kappa shape index (κ2) is 4.40. The van der Waals surface area contributed by atoms with E-state index in [2.05, 4.69) is 26.2 Å². The highest BCUT2D eigenvalue weighted by Crippen LogP contribution is 2.20. The molecule has 0 radical (unpaired) electrons. The lowest BCUT2D eigenvalue weighted by molar-refractivity contribution is -0.136. The SMILES string of the molecule is CN1C(=O)CC(Nc2ncc(Br)cc2F)C1=O. The van der Waals surface area contributed by atoms with Gasteiger partial charge in [0.1, 0.15) is 6.04 Å². The number of pyridine rings is 1. The Morgan fingerprint density at radius 3 is 2.82 bits per heavy atom. The number of carbonyl (C=O) groups excluding carboxylic acids is 2. The third-order valence-corrected chi connectivity index (χ3v) is 2.93. The summed E-state index contributed by atoms with van der Waals surface area (Å²) in [6.07, 6.45) is 1.43. The molecule has 1 saturated heterocycles. The molecule has 2 amide bonds. The fourth-order valence-corrected chi connectivity index (χ4v) is 1.86. The Bertz CT molecular complexity index is 494. The molecule has 1 aliphatic rings. The first kappa shape index (κ1) is 12.0. The number of aromatic nitrogens is 1. The summed E-state index contributed by atoms with van der Waals surface area (Å²) in [7, 11) is 1.40. The predicted molar refractivity (Wildman–Crippen MR) is 61.7 cm³/mol. The molecule has 2 heterocycles. The van der Waals surface area contributed by atoms with Gasteiger partial charge in [0.05, 0.1) is 6.42 Å². The van der Waals surface area contributed by atoms with Crippen molar-refractivity contribution in [3.05, 3.63) is 22.6 Å². The van der Waals surface area contributed by atoms with E-state index in [0.717, 1.165) is 4.90 Å². The number of rotatable bonds is 2. The maximum Gasteiger partial charge on any atom is 0.251 e. The van der Waals surface area contributed by atoms with E-state index >= 15 is 0 Å². The molecule has 5 nitrogen and oxygen atoms in total. The highest BCUT2D eigenvalue weighted by Gasteiger charge is 2.36. The van der Waals surface area contributed by atoms with Crippen molar-refractivity contribution in [1.82, 2.24) is 9.88 Å². The Morgan fingerprint density at radius 1 is 1.59 bits per heavy atom. The van der Waals surface area contributed by atoms with Crippen LogP contribution < -0.4 is 5.32 Å². The Morgan fingerprint density at radius 2 is 2.29 bits per heavy atom. The molecule has 7 heteroatoms. The molecular weight excluding hydrogens is 293 g/mol. The van der Waals surface area contributed by atoms with E-state index in [9.17, 15) is 14.0 Å². The standard InChI is InChI=1S/C10H9BrFN3O2/c1-15-8(16)3-7(10(15)17)14-9-6(12)2-5(11)4-13-9/h2,4,7H,3H2,1H3,(H,13,14). The number of carbonyl (C=O) groups is 2. The van der Waals surface area contributed by atoms with Gasteiger partial charge in [0, 0.05) is 17.7 Å². The van der Waals surface area contributed by atoms with Crippen LogP contribution in [0, 0.1) is 5.82 Å². The minimum atomic E-state index is -0.740. The number of imide groups is 1. The van der Waals surface area contributed by atoms with Crippen LogP contribution in [0.2, 0.25) is 0 Å². The predicted octanol–water partition coefficient (Wildman–Crippen LogP) is 1.15. The maximum absolute atomic E-state index is 13.5. The molecule has 0 bridgehead atoms.